The first-order valence-electron chi connectivity index (χ1n) is 6.20. The number of aryl methyl sites for hydroxylation is 1. The standard InChI is InChI=1S/C13H15N2O.C2H6/c1-11-7-8-15(14)13(9-11)16-10-12-5-3-2-4-6-12;1-2/h2-9H,10,14H2,1H3;1-2H3/q+1;. The Morgan fingerprint density at radius 2 is 1.78 bits per heavy atom. The summed E-state index contributed by atoms with van der Waals surface area (Å²) in [4.78, 5) is 0. The van der Waals surface area contributed by atoms with Crippen molar-refractivity contribution in [2.75, 3.05) is 5.84 Å². The van der Waals surface area contributed by atoms with Crippen molar-refractivity contribution in [1.29, 1.82) is 0 Å². The van der Waals surface area contributed by atoms with Crippen molar-refractivity contribution in [3.63, 3.8) is 0 Å². The van der Waals surface area contributed by atoms with E-state index < -0.39 is 0 Å². The number of rotatable bonds is 3. The lowest BCUT2D eigenvalue weighted by molar-refractivity contribution is -0.645. The quantitative estimate of drug-likeness (QED) is 0.667. The molecule has 0 aliphatic rings. The Labute approximate surface area is 109 Å². The number of pyridine rings is 1. The summed E-state index contributed by atoms with van der Waals surface area (Å²) in [7, 11) is 0. The van der Waals surface area contributed by atoms with Gasteiger partial charge in [-0.25, -0.2) is 5.84 Å². The molecule has 0 amide bonds. The second-order valence-corrected chi connectivity index (χ2v) is 3.72. The lowest BCUT2D eigenvalue weighted by Crippen LogP contribution is -2.45. The number of hydrogen-bond donors (Lipinski definition) is 1. The average molecular weight is 245 g/mol. The average Bonchev–Trinajstić information content (AvgIpc) is 2.43. The summed E-state index contributed by atoms with van der Waals surface area (Å²) in [6.45, 7) is 6.54. The van der Waals surface area contributed by atoms with Crippen LogP contribution >= 0.6 is 0 Å². The van der Waals surface area contributed by atoms with E-state index in [1.807, 2.05) is 63.2 Å². The highest BCUT2D eigenvalue weighted by Crippen LogP contribution is 2.08. The topological polar surface area (TPSA) is 39.1 Å². The molecule has 1 aromatic heterocycles. The monoisotopic (exact) mass is 245 g/mol. The predicted octanol–water partition coefficient (Wildman–Crippen LogP) is 2.60. The summed E-state index contributed by atoms with van der Waals surface area (Å²) in [5.74, 6) is 6.42. The molecule has 3 nitrogen and oxygen atoms in total. The lowest BCUT2D eigenvalue weighted by Gasteiger charge is -2.03. The van der Waals surface area contributed by atoms with E-state index in [0.29, 0.717) is 12.5 Å². The van der Waals surface area contributed by atoms with Crippen molar-refractivity contribution in [2.24, 2.45) is 0 Å². The third-order valence-corrected chi connectivity index (χ3v) is 2.33. The summed E-state index contributed by atoms with van der Waals surface area (Å²) < 4.78 is 7.12. The van der Waals surface area contributed by atoms with Gasteiger partial charge in [0.05, 0.1) is 6.07 Å². The van der Waals surface area contributed by atoms with Crippen LogP contribution in [0.15, 0.2) is 48.7 Å². The molecular formula is C15H21N2O+. The molecule has 18 heavy (non-hydrogen) atoms. The van der Waals surface area contributed by atoms with Crippen LogP contribution in [0.25, 0.3) is 0 Å². The van der Waals surface area contributed by atoms with E-state index in [1.165, 1.54) is 4.68 Å². The Morgan fingerprint density at radius 3 is 2.44 bits per heavy atom. The molecule has 0 spiro atoms. The van der Waals surface area contributed by atoms with E-state index >= 15 is 0 Å². The SMILES string of the molecule is CC.Cc1cc[n+](N)c(OCc2ccccc2)c1. The van der Waals surface area contributed by atoms with Gasteiger partial charge in [-0.05, 0) is 18.1 Å². The fourth-order valence-electron chi connectivity index (χ4n) is 1.44. The second-order valence-electron chi connectivity index (χ2n) is 3.72. The van der Waals surface area contributed by atoms with Crippen LogP contribution in [0.2, 0.25) is 0 Å². The normalized spacial score (nSPS) is 9.28. The third kappa shape index (κ3) is 4.09. The highest BCUT2D eigenvalue weighted by atomic mass is 16.5. The fourth-order valence-corrected chi connectivity index (χ4v) is 1.44. The minimum absolute atomic E-state index is 0.529. The number of nitrogens with zero attached hydrogens (tertiary/aromatic N) is 1. The number of aromatic nitrogens is 1. The molecule has 96 valence electrons. The summed E-state index contributed by atoms with van der Waals surface area (Å²) in [5.41, 5.74) is 2.26. The molecule has 3 heteroatoms. The maximum absolute atomic E-state index is 5.75. The molecule has 2 rings (SSSR count). The molecule has 0 unspecified atom stereocenters. The summed E-state index contributed by atoms with van der Waals surface area (Å²) in [5, 5.41) is 0. The number of nitrogens with two attached hydrogens (primary N) is 1. The van der Waals surface area contributed by atoms with Crippen LogP contribution < -0.4 is 15.3 Å². The highest BCUT2D eigenvalue weighted by Gasteiger charge is 2.08. The molecule has 0 radical (unpaired) electrons. The first kappa shape index (κ1) is 14.0. The van der Waals surface area contributed by atoms with Gasteiger partial charge < -0.3 is 4.74 Å². The van der Waals surface area contributed by atoms with E-state index in [2.05, 4.69) is 0 Å². The Balaban J connectivity index is 0.000000771. The Hall–Kier alpha value is -2.03. The Morgan fingerprint density at radius 1 is 1.11 bits per heavy atom. The van der Waals surface area contributed by atoms with Gasteiger partial charge in [-0.15, -0.1) is 0 Å². The van der Waals surface area contributed by atoms with Crippen LogP contribution in [0.1, 0.15) is 25.0 Å². The van der Waals surface area contributed by atoms with E-state index in [0.717, 1.165) is 11.1 Å². The minimum atomic E-state index is 0.529. The third-order valence-electron chi connectivity index (χ3n) is 2.33. The Bertz CT molecular complexity index is 469. The van der Waals surface area contributed by atoms with Gasteiger partial charge in [0.15, 0.2) is 0 Å². The molecule has 2 N–H and O–H groups in total. The van der Waals surface area contributed by atoms with Crippen LogP contribution in [0.3, 0.4) is 0 Å². The summed E-state index contributed by atoms with van der Waals surface area (Å²) >= 11 is 0. The van der Waals surface area contributed by atoms with Gasteiger partial charge >= 0.3 is 5.88 Å². The number of ether oxygens (including phenoxy) is 1. The minimum Gasteiger partial charge on any atom is -0.438 e. The molecule has 0 bridgehead atoms. The van der Waals surface area contributed by atoms with E-state index in [4.69, 9.17) is 10.6 Å². The van der Waals surface area contributed by atoms with Gasteiger partial charge in [-0.1, -0.05) is 48.9 Å². The second kappa shape index (κ2) is 7.33. The molecule has 0 fully saturated rings. The zero-order chi connectivity index (χ0) is 13.4. The van der Waals surface area contributed by atoms with Crippen LogP contribution in [0.5, 0.6) is 5.88 Å². The van der Waals surface area contributed by atoms with Crippen LogP contribution in [0.4, 0.5) is 0 Å². The molecule has 0 saturated carbocycles. The Kier molecular flexibility index (Phi) is 5.71. The van der Waals surface area contributed by atoms with Gasteiger partial charge in [-0.3, -0.25) is 0 Å². The first-order valence-corrected chi connectivity index (χ1v) is 6.20. The van der Waals surface area contributed by atoms with Gasteiger partial charge in [0.25, 0.3) is 0 Å². The van der Waals surface area contributed by atoms with Crippen LogP contribution in [0, 0.1) is 6.92 Å². The molecule has 1 aromatic carbocycles. The van der Waals surface area contributed by atoms with Crippen LogP contribution in [-0.2, 0) is 6.61 Å². The molecule has 0 saturated heterocycles. The zero-order valence-electron chi connectivity index (χ0n) is 11.3. The summed E-state index contributed by atoms with van der Waals surface area (Å²) in [6, 6.07) is 13.9. The maximum atomic E-state index is 5.75. The number of hydrogen-bond acceptors (Lipinski definition) is 2. The van der Waals surface area contributed by atoms with Crippen molar-refractivity contribution in [2.45, 2.75) is 27.4 Å². The summed E-state index contributed by atoms with van der Waals surface area (Å²) in [6.07, 6.45) is 1.79. The van der Waals surface area contributed by atoms with Gasteiger partial charge in [-0.2, -0.15) is 0 Å². The van der Waals surface area contributed by atoms with Crippen molar-refractivity contribution in [3.8, 4) is 5.88 Å². The molecule has 2 aromatic rings. The molecule has 0 aliphatic carbocycles. The van der Waals surface area contributed by atoms with E-state index in [-0.39, 0.29) is 0 Å². The smallest absolute Gasteiger partial charge is 0.397 e. The molecule has 0 atom stereocenters. The first-order chi connectivity index (χ1) is 8.75. The van der Waals surface area contributed by atoms with Crippen molar-refractivity contribution in [1.82, 2.24) is 0 Å². The maximum Gasteiger partial charge on any atom is 0.397 e. The van der Waals surface area contributed by atoms with E-state index in [1.54, 1.807) is 6.20 Å². The van der Waals surface area contributed by atoms with Gasteiger partial charge in [0.1, 0.15) is 6.61 Å². The lowest BCUT2D eigenvalue weighted by atomic mass is 10.2. The highest BCUT2D eigenvalue weighted by molar-refractivity contribution is 5.16. The largest absolute Gasteiger partial charge is 0.438 e. The van der Waals surface area contributed by atoms with Crippen molar-refractivity contribution in [3.05, 3.63) is 59.8 Å². The van der Waals surface area contributed by atoms with Gasteiger partial charge in [0.2, 0.25) is 6.20 Å². The van der Waals surface area contributed by atoms with E-state index in [9.17, 15) is 0 Å². The van der Waals surface area contributed by atoms with Crippen LogP contribution in [-0.4, -0.2) is 0 Å². The molecule has 0 aliphatic heterocycles. The predicted molar refractivity (Wildman–Crippen MR) is 73.6 cm³/mol. The molecule has 1 heterocycles. The molecular weight excluding hydrogens is 224 g/mol. The van der Waals surface area contributed by atoms with Gasteiger partial charge in [0, 0.05) is 6.07 Å². The fraction of sp³-hybridized carbons (Fsp3) is 0.267. The zero-order valence-corrected chi connectivity index (χ0v) is 11.3. The number of nitrogen functional groups attached to an aromatic ring is 1. The number of benzene rings is 1. The van der Waals surface area contributed by atoms with Crippen molar-refractivity contribution >= 4 is 0 Å². The van der Waals surface area contributed by atoms with Crippen molar-refractivity contribution < 1.29 is 9.41 Å².